The van der Waals surface area contributed by atoms with E-state index >= 15 is 0 Å². The molecule has 1 unspecified atom stereocenters. The lowest BCUT2D eigenvalue weighted by Crippen LogP contribution is -2.28. The van der Waals surface area contributed by atoms with Gasteiger partial charge in [-0.1, -0.05) is 39.0 Å². The molecule has 0 aliphatic carbocycles. The summed E-state index contributed by atoms with van der Waals surface area (Å²) in [7, 11) is 0. The highest BCUT2D eigenvalue weighted by Crippen LogP contribution is 2.24. The first-order valence-corrected chi connectivity index (χ1v) is 7.22. The highest BCUT2D eigenvalue weighted by Gasteiger charge is 2.13. The molecule has 1 aromatic carbocycles. The minimum absolute atomic E-state index is 0.251. The van der Waals surface area contributed by atoms with E-state index in [1.165, 1.54) is 16.7 Å². The molecule has 1 aromatic rings. The molecule has 0 amide bonds. The van der Waals surface area contributed by atoms with Crippen LogP contribution in [0.2, 0.25) is 0 Å². The first-order chi connectivity index (χ1) is 7.78. The van der Waals surface area contributed by atoms with Gasteiger partial charge in [-0.15, -0.1) is 0 Å². The predicted molar refractivity (Wildman–Crippen MR) is 79.8 cm³/mol. The third-order valence-electron chi connectivity index (χ3n) is 2.80. The number of hydrogen-bond donors (Lipinski definition) is 1. The molecule has 1 rings (SSSR count). The van der Waals surface area contributed by atoms with Crippen molar-refractivity contribution in [2.45, 2.75) is 51.8 Å². The molecule has 1 nitrogen and oxygen atoms in total. The molecular weight excluding hydrogens is 226 g/mol. The van der Waals surface area contributed by atoms with Crippen LogP contribution in [0.5, 0.6) is 0 Å². The summed E-state index contributed by atoms with van der Waals surface area (Å²) in [5.41, 5.74) is 10.2. The molecule has 17 heavy (non-hydrogen) atoms. The summed E-state index contributed by atoms with van der Waals surface area (Å²) in [6, 6.07) is 6.90. The second-order valence-corrected chi connectivity index (χ2v) is 7.65. The molecule has 2 N–H and O–H groups in total. The van der Waals surface area contributed by atoms with E-state index in [4.69, 9.17) is 5.73 Å². The monoisotopic (exact) mass is 251 g/mol. The summed E-state index contributed by atoms with van der Waals surface area (Å²) in [6.45, 7) is 11.0. The SMILES string of the molecule is Cc1ccc(CC(N)CSC(C)(C)C)cc1C. The average molecular weight is 251 g/mol. The van der Waals surface area contributed by atoms with Crippen molar-refractivity contribution in [1.82, 2.24) is 0 Å². The number of aryl methyl sites for hydroxylation is 2. The van der Waals surface area contributed by atoms with E-state index in [0.717, 1.165) is 12.2 Å². The van der Waals surface area contributed by atoms with Crippen LogP contribution in [0.15, 0.2) is 18.2 Å². The van der Waals surface area contributed by atoms with Crippen molar-refractivity contribution in [2.24, 2.45) is 5.73 Å². The normalized spacial score (nSPS) is 13.8. The zero-order chi connectivity index (χ0) is 13.1. The molecule has 96 valence electrons. The Labute approximate surface area is 110 Å². The summed E-state index contributed by atoms with van der Waals surface area (Å²) in [5, 5.41) is 0. The predicted octanol–water partition coefficient (Wildman–Crippen LogP) is 3.70. The largest absolute Gasteiger partial charge is 0.327 e. The molecule has 0 fully saturated rings. The van der Waals surface area contributed by atoms with E-state index in [2.05, 4.69) is 52.8 Å². The Bertz CT molecular complexity index is 366. The van der Waals surface area contributed by atoms with Crippen molar-refractivity contribution < 1.29 is 0 Å². The molecule has 0 aliphatic heterocycles. The fourth-order valence-electron chi connectivity index (χ4n) is 1.65. The first kappa shape index (κ1) is 14.6. The van der Waals surface area contributed by atoms with Crippen LogP contribution in [-0.2, 0) is 6.42 Å². The van der Waals surface area contributed by atoms with E-state index in [9.17, 15) is 0 Å². The third kappa shape index (κ3) is 5.60. The van der Waals surface area contributed by atoms with E-state index in [1.807, 2.05) is 11.8 Å². The standard InChI is InChI=1S/C15H25NS/c1-11-6-7-13(8-12(11)2)9-14(16)10-17-15(3,4)5/h6-8,14H,9-10,16H2,1-5H3. The van der Waals surface area contributed by atoms with Gasteiger partial charge in [-0.25, -0.2) is 0 Å². The van der Waals surface area contributed by atoms with Gasteiger partial charge in [0, 0.05) is 16.5 Å². The Morgan fingerprint density at radius 3 is 2.35 bits per heavy atom. The van der Waals surface area contributed by atoms with Gasteiger partial charge in [0.25, 0.3) is 0 Å². The fraction of sp³-hybridized carbons (Fsp3) is 0.600. The Balaban J connectivity index is 2.50. The van der Waals surface area contributed by atoms with Gasteiger partial charge in [0.2, 0.25) is 0 Å². The minimum atomic E-state index is 0.251. The molecule has 0 saturated carbocycles. The van der Waals surface area contributed by atoms with Crippen LogP contribution in [0.3, 0.4) is 0 Å². The Morgan fingerprint density at radius 2 is 1.82 bits per heavy atom. The van der Waals surface area contributed by atoms with Crippen LogP contribution < -0.4 is 5.73 Å². The summed E-state index contributed by atoms with van der Waals surface area (Å²) < 4.78 is 0.306. The van der Waals surface area contributed by atoms with Gasteiger partial charge < -0.3 is 5.73 Å². The topological polar surface area (TPSA) is 26.0 Å². The van der Waals surface area contributed by atoms with Crippen molar-refractivity contribution in [3.05, 3.63) is 34.9 Å². The van der Waals surface area contributed by atoms with Gasteiger partial charge in [-0.3, -0.25) is 0 Å². The van der Waals surface area contributed by atoms with Crippen LogP contribution >= 0.6 is 11.8 Å². The average Bonchev–Trinajstić information content (AvgIpc) is 2.20. The van der Waals surface area contributed by atoms with Crippen LogP contribution in [0.25, 0.3) is 0 Å². The molecule has 0 heterocycles. The maximum Gasteiger partial charge on any atom is 0.0171 e. The Kier molecular flexibility index (Phi) is 5.08. The van der Waals surface area contributed by atoms with Crippen molar-refractivity contribution in [1.29, 1.82) is 0 Å². The lowest BCUT2D eigenvalue weighted by atomic mass is 10.0. The van der Waals surface area contributed by atoms with E-state index < -0.39 is 0 Å². The van der Waals surface area contributed by atoms with Gasteiger partial charge in [0.15, 0.2) is 0 Å². The molecule has 0 aliphatic rings. The summed E-state index contributed by atoms with van der Waals surface area (Å²) in [4.78, 5) is 0. The van der Waals surface area contributed by atoms with Crippen LogP contribution in [0.1, 0.15) is 37.5 Å². The maximum absolute atomic E-state index is 6.18. The van der Waals surface area contributed by atoms with Crippen molar-refractivity contribution >= 4 is 11.8 Å². The maximum atomic E-state index is 6.18. The Morgan fingerprint density at radius 1 is 1.18 bits per heavy atom. The van der Waals surface area contributed by atoms with Crippen molar-refractivity contribution in [2.75, 3.05) is 5.75 Å². The highest BCUT2D eigenvalue weighted by molar-refractivity contribution is 8.00. The molecule has 0 bridgehead atoms. The number of hydrogen-bond acceptors (Lipinski definition) is 2. The highest BCUT2D eigenvalue weighted by atomic mass is 32.2. The van der Waals surface area contributed by atoms with E-state index in [-0.39, 0.29) is 6.04 Å². The van der Waals surface area contributed by atoms with E-state index in [1.54, 1.807) is 0 Å². The third-order valence-corrected chi connectivity index (χ3v) is 4.26. The number of rotatable bonds is 4. The fourth-order valence-corrected chi connectivity index (χ4v) is 2.48. The zero-order valence-corrected chi connectivity index (χ0v) is 12.5. The Hall–Kier alpha value is -0.470. The van der Waals surface area contributed by atoms with Crippen LogP contribution in [0.4, 0.5) is 0 Å². The summed E-state index contributed by atoms with van der Waals surface area (Å²) in [5.74, 6) is 1.02. The smallest absolute Gasteiger partial charge is 0.0171 e. The lowest BCUT2D eigenvalue weighted by Gasteiger charge is -2.20. The molecule has 0 radical (unpaired) electrons. The molecule has 2 heteroatoms. The van der Waals surface area contributed by atoms with Crippen molar-refractivity contribution in [3.8, 4) is 0 Å². The van der Waals surface area contributed by atoms with E-state index in [0.29, 0.717) is 4.75 Å². The molecule has 1 atom stereocenters. The van der Waals surface area contributed by atoms with Crippen LogP contribution in [-0.4, -0.2) is 16.5 Å². The zero-order valence-electron chi connectivity index (χ0n) is 11.7. The molecule has 0 aromatic heterocycles. The summed E-state index contributed by atoms with van der Waals surface area (Å²) in [6.07, 6.45) is 0.976. The number of benzene rings is 1. The quantitative estimate of drug-likeness (QED) is 0.883. The second-order valence-electron chi connectivity index (χ2n) is 5.81. The van der Waals surface area contributed by atoms with Crippen molar-refractivity contribution in [3.63, 3.8) is 0 Å². The lowest BCUT2D eigenvalue weighted by molar-refractivity contribution is 0.733. The summed E-state index contributed by atoms with van der Waals surface area (Å²) >= 11 is 1.94. The number of thioether (sulfide) groups is 1. The van der Waals surface area contributed by atoms with Gasteiger partial charge in [0.05, 0.1) is 0 Å². The second kappa shape index (κ2) is 5.92. The number of nitrogens with two attached hydrogens (primary N) is 1. The van der Waals surface area contributed by atoms with Gasteiger partial charge in [-0.05, 0) is 37.0 Å². The first-order valence-electron chi connectivity index (χ1n) is 6.23. The molecule has 0 saturated heterocycles. The minimum Gasteiger partial charge on any atom is -0.327 e. The molecular formula is C15H25NS. The van der Waals surface area contributed by atoms with Gasteiger partial charge >= 0.3 is 0 Å². The van der Waals surface area contributed by atoms with Gasteiger partial charge in [-0.2, -0.15) is 11.8 Å². The van der Waals surface area contributed by atoms with Gasteiger partial charge in [0.1, 0.15) is 0 Å². The molecule has 0 spiro atoms. The van der Waals surface area contributed by atoms with Crippen LogP contribution in [0, 0.1) is 13.8 Å².